The van der Waals surface area contributed by atoms with Crippen molar-refractivity contribution >= 4 is 34.5 Å². The summed E-state index contributed by atoms with van der Waals surface area (Å²) in [5.74, 6) is 0. The lowest BCUT2D eigenvalue weighted by Crippen LogP contribution is -2.41. The van der Waals surface area contributed by atoms with Crippen LogP contribution < -0.4 is 5.46 Å². The predicted octanol–water partition coefficient (Wildman–Crippen LogP) is 7.09. The summed E-state index contributed by atoms with van der Waals surface area (Å²) < 4.78 is 19.0. The molecular formula is C31H26BNO3. The third kappa shape index (κ3) is 3.45. The normalized spacial score (nSPS) is 16.5. The van der Waals surface area contributed by atoms with Gasteiger partial charge in [-0.25, -0.2) is 0 Å². The Morgan fingerprint density at radius 3 is 2.06 bits per heavy atom. The van der Waals surface area contributed by atoms with E-state index in [4.69, 9.17) is 13.7 Å². The number of furan rings is 1. The van der Waals surface area contributed by atoms with Crippen LogP contribution in [0, 0.1) is 11.3 Å². The van der Waals surface area contributed by atoms with Gasteiger partial charge in [0.05, 0.1) is 16.8 Å². The maximum Gasteiger partial charge on any atom is 0.494 e. The molecule has 0 unspecified atom stereocenters. The highest BCUT2D eigenvalue weighted by atomic mass is 16.7. The molecular weight excluding hydrogens is 445 g/mol. The van der Waals surface area contributed by atoms with Crippen LogP contribution in [0.1, 0.15) is 33.3 Å². The van der Waals surface area contributed by atoms with E-state index in [9.17, 15) is 5.26 Å². The number of benzene rings is 4. The summed E-state index contributed by atoms with van der Waals surface area (Å²) in [4.78, 5) is 0. The quantitative estimate of drug-likeness (QED) is 0.264. The van der Waals surface area contributed by atoms with Crippen LogP contribution in [-0.2, 0) is 9.31 Å². The molecule has 1 fully saturated rings. The fraction of sp³-hybridized carbons (Fsp3) is 0.194. The number of hydrogen-bond donors (Lipinski definition) is 0. The third-order valence-corrected chi connectivity index (χ3v) is 7.58. The predicted molar refractivity (Wildman–Crippen MR) is 145 cm³/mol. The van der Waals surface area contributed by atoms with Crippen LogP contribution in [0.5, 0.6) is 0 Å². The fourth-order valence-corrected chi connectivity index (χ4v) is 4.96. The van der Waals surface area contributed by atoms with Gasteiger partial charge in [0, 0.05) is 16.3 Å². The SMILES string of the molecule is CC1(C)OB(c2cc(-c3ccccc3)c(C#N)c(-c3cccc4oc5ccccc5c34)c2)OC1(C)C. The Labute approximate surface area is 211 Å². The Kier molecular flexibility index (Phi) is 5.08. The van der Waals surface area contributed by atoms with Crippen molar-refractivity contribution in [1.29, 1.82) is 5.26 Å². The average Bonchev–Trinajstić information content (AvgIpc) is 3.36. The second-order valence-corrected chi connectivity index (χ2v) is 10.3. The van der Waals surface area contributed by atoms with Gasteiger partial charge < -0.3 is 13.7 Å². The van der Waals surface area contributed by atoms with Crippen LogP contribution in [0.3, 0.4) is 0 Å². The van der Waals surface area contributed by atoms with Gasteiger partial charge in [0.2, 0.25) is 0 Å². The minimum Gasteiger partial charge on any atom is -0.456 e. The van der Waals surface area contributed by atoms with Crippen molar-refractivity contribution in [2.45, 2.75) is 38.9 Å². The smallest absolute Gasteiger partial charge is 0.456 e. The number of nitrogens with zero attached hydrogens (tertiary/aromatic N) is 1. The van der Waals surface area contributed by atoms with E-state index in [0.29, 0.717) is 5.56 Å². The first kappa shape index (κ1) is 22.6. The van der Waals surface area contributed by atoms with E-state index in [1.54, 1.807) is 0 Å². The van der Waals surface area contributed by atoms with Crippen LogP contribution in [0.15, 0.2) is 89.3 Å². The number of hydrogen-bond acceptors (Lipinski definition) is 4. The van der Waals surface area contributed by atoms with Gasteiger partial charge in [0.25, 0.3) is 0 Å². The van der Waals surface area contributed by atoms with Crippen molar-refractivity contribution in [3.8, 4) is 28.3 Å². The van der Waals surface area contributed by atoms with Crippen molar-refractivity contribution in [1.82, 2.24) is 0 Å². The Morgan fingerprint density at radius 1 is 0.694 bits per heavy atom. The fourth-order valence-electron chi connectivity index (χ4n) is 4.96. The monoisotopic (exact) mass is 471 g/mol. The van der Waals surface area contributed by atoms with Gasteiger partial charge >= 0.3 is 7.12 Å². The molecule has 5 aromatic rings. The molecule has 4 aromatic carbocycles. The Hall–Kier alpha value is -3.85. The highest BCUT2D eigenvalue weighted by Crippen LogP contribution is 2.41. The number of rotatable bonds is 3. The molecule has 176 valence electrons. The molecule has 1 aliphatic heterocycles. The van der Waals surface area contributed by atoms with Crippen molar-refractivity contribution in [3.63, 3.8) is 0 Å². The third-order valence-electron chi connectivity index (χ3n) is 7.58. The minimum atomic E-state index is -0.552. The Bertz CT molecular complexity index is 1640. The largest absolute Gasteiger partial charge is 0.494 e. The highest BCUT2D eigenvalue weighted by Gasteiger charge is 2.52. The summed E-state index contributed by atoms with van der Waals surface area (Å²) in [5, 5.41) is 12.5. The molecule has 6 rings (SSSR count). The molecule has 5 heteroatoms. The highest BCUT2D eigenvalue weighted by molar-refractivity contribution is 6.62. The lowest BCUT2D eigenvalue weighted by atomic mass is 9.74. The second-order valence-electron chi connectivity index (χ2n) is 10.3. The van der Waals surface area contributed by atoms with Crippen LogP contribution in [0.25, 0.3) is 44.2 Å². The summed E-state index contributed by atoms with van der Waals surface area (Å²) >= 11 is 0. The molecule has 2 heterocycles. The standard InChI is InChI=1S/C31H26BNO3/c1-30(2)31(3,4)36-32(35-30)21-17-24(20-11-6-5-7-12-20)26(19-33)25(18-21)22-14-10-16-28-29(22)23-13-8-9-15-27(23)34-28/h5-18H,1-4H3. The zero-order chi connectivity index (χ0) is 25.1. The van der Waals surface area contributed by atoms with Gasteiger partial charge in [-0.05, 0) is 62.0 Å². The van der Waals surface area contributed by atoms with E-state index in [2.05, 4.69) is 18.2 Å². The van der Waals surface area contributed by atoms with Gasteiger partial charge in [-0.2, -0.15) is 5.26 Å². The molecule has 0 radical (unpaired) electrons. The van der Waals surface area contributed by atoms with Gasteiger partial charge in [-0.15, -0.1) is 0 Å². The molecule has 0 bridgehead atoms. The summed E-state index contributed by atoms with van der Waals surface area (Å²) in [5.41, 5.74) is 5.77. The van der Waals surface area contributed by atoms with Crippen molar-refractivity contribution in [3.05, 3.63) is 90.5 Å². The maximum absolute atomic E-state index is 10.4. The van der Waals surface area contributed by atoms with E-state index in [-0.39, 0.29) is 0 Å². The second kappa shape index (κ2) is 8.10. The molecule has 4 nitrogen and oxygen atoms in total. The summed E-state index contributed by atoms with van der Waals surface area (Å²) in [6.45, 7) is 8.20. The Balaban J connectivity index is 1.66. The van der Waals surface area contributed by atoms with Crippen LogP contribution in [0.4, 0.5) is 0 Å². The van der Waals surface area contributed by atoms with Crippen LogP contribution >= 0.6 is 0 Å². The average molecular weight is 471 g/mol. The summed E-state index contributed by atoms with van der Waals surface area (Å²) in [7, 11) is -0.552. The Morgan fingerprint density at radius 2 is 1.33 bits per heavy atom. The molecule has 0 aliphatic carbocycles. The molecule has 1 saturated heterocycles. The van der Waals surface area contributed by atoms with Gasteiger partial charge in [0.1, 0.15) is 17.2 Å². The molecule has 36 heavy (non-hydrogen) atoms. The van der Waals surface area contributed by atoms with Gasteiger partial charge in [-0.3, -0.25) is 0 Å². The topological polar surface area (TPSA) is 55.4 Å². The maximum atomic E-state index is 10.4. The molecule has 0 amide bonds. The van der Waals surface area contributed by atoms with E-state index >= 15 is 0 Å². The zero-order valence-corrected chi connectivity index (χ0v) is 20.8. The minimum absolute atomic E-state index is 0.473. The van der Waals surface area contributed by atoms with E-state index in [1.807, 2.05) is 100 Å². The van der Waals surface area contributed by atoms with E-state index in [0.717, 1.165) is 49.7 Å². The zero-order valence-electron chi connectivity index (χ0n) is 20.8. The van der Waals surface area contributed by atoms with Crippen molar-refractivity contribution in [2.75, 3.05) is 0 Å². The first-order chi connectivity index (χ1) is 17.3. The number of fused-ring (bicyclic) bond motifs is 3. The molecule has 0 saturated carbocycles. The van der Waals surface area contributed by atoms with Gasteiger partial charge in [-0.1, -0.05) is 72.8 Å². The molecule has 0 spiro atoms. The van der Waals surface area contributed by atoms with E-state index < -0.39 is 18.3 Å². The lowest BCUT2D eigenvalue weighted by Gasteiger charge is -2.32. The first-order valence-corrected chi connectivity index (χ1v) is 12.2. The summed E-state index contributed by atoms with van der Waals surface area (Å²) in [6.07, 6.45) is 0. The van der Waals surface area contributed by atoms with Crippen LogP contribution in [0.2, 0.25) is 0 Å². The van der Waals surface area contributed by atoms with Crippen molar-refractivity contribution < 1.29 is 13.7 Å². The molecule has 1 aromatic heterocycles. The van der Waals surface area contributed by atoms with Gasteiger partial charge in [0.15, 0.2) is 0 Å². The lowest BCUT2D eigenvalue weighted by molar-refractivity contribution is 0.00578. The van der Waals surface area contributed by atoms with Crippen LogP contribution in [-0.4, -0.2) is 18.3 Å². The molecule has 0 atom stereocenters. The van der Waals surface area contributed by atoms with E-state index in [1.165, 1.54) is 0 Å². The molecule has 0 N–H and O–H groups in total. The number of para-hydroxylation sites is 1. The summed E-state index contributed by atoms with van der Waals surface area (Å²) in [6, 6.07) is 30.6. The molecule has 1 aliphatic rings. The number of nitriles is 1. The first-order valence-electron chi connectivity index (χ1n) is 12.2. The van der Waals surface area contributed by atoms with Crippen molar-refractivity contribution in [2.24, 2.45) is 0 Å².